The molecule has 0 aromatic carbocycles. The minimum absolute atomic E-state index is 0. The van der Waals surface area contributed by atoms with Crippen molar-refractivity contribution in [1.29, 1.82) is 0 Å². The van der Waals surface area contributed by atoms with E-state index >= 15 is 0 Å². The minimum Gasteiger partial charge on any atom is -0.748 e. The molecule has 0 aliphatic carbocycles. The second-order valence-electron chi connectivity index (χ2n) is 8.13. The first-order valence-electron chi connectivity index (χ1n) is 11.6. The van der Waals surface area contributed by atoms with Gasteiger partial charge in [0.05, 0.1) is 11.4 Å². The maximum Gasteiger partial charge on any atom is 1.00 e. The Labute approximate surface area is 197 Å². The predicted octanol–water partition coefficient (Wildman–Crippen LogP) is 3.33. The van der Waals surface area contributed by atoms with Crippen molar-refractivity contribution in [2.45, 2.75) is 141 Å². The Bertz CT molecular complexity index is 415. The number of hydrogen-bond acceptors (Lipinski definition) is 4. The number of rotatable bonds is 20. The zero-order chi connectivity index (χ0) is 20.4. The summed E-state index contributed by atoms with van der Waals surface area (Å²) in [5, 5.41) is 9.11. The van der Waals surface area contributed by atoms with E-state index in [1.807, 2.05) is 0 Å². The molecule has 2 atom stereocenters. The fraction of sp³-hybridized carbons (Fsp3) is 1.00. The molecule has 0 aromatic heterocycles. The van der Waals surface area contributed by atoms with Gasteiger partial charge in [-0.2, -0.15) is 0 Å². The molecule has 0 heterocycles. The number of unbranched alkanes of at least 4 members (excludes halogenated alkanes) is 14. The van der Waals surface area contributed by atoms with E-state index in [0.717, 1.165) is 32.1 Å². The van der Waals surface area contributed by atoms with E-state index in [1.165, 1.54) is 64.2 Å². The van der Waals surface area contributed by atoms with Gasteiger partial charge in [0.15, 0.2) is 0 Å². The molecule has 2 unspecified atom stereocenters. The van der Waals surface area contributed by atoms with Gasteiger partial charge in [0.2, 0.25) is 0 Å². The Morgan fingerprint density at radius 1 is 0.643 bits per heavy atom. The molecule has 0 bridgehead atoms. The Kier molecular flexibility index (Phi) is 23.4. The smallest absolute Gasteiger partial charge is 0.748 e. The number of aliphatic hydroxyl groups is 1. The van der Waals surface area contributed by atoms with Gasteiger partial charge in [-0.25, -0.2) is 8.42 Å². The molecule has 0 aromatic rings. The Morgan fingerprint density at radius 2 is 0.964 bits per heavy atom. The van der Waals surface area contributed by atoms with E-state index in [9.17, 15) is 18.1 Å². The van der Waals surface area contributed by atoms with Crippen LogP contribution < -0.4 is 29.6 Å². The molecule has 0 aliphatic heterocycles. The van der Waals surface area contributed by atoms with Crippen molar-refractivity contribution in [3.05, 3.63) is 0 Å². The van der Waals surface area contributed by atoms with Gasteiger partial charge in [0, 0.05) is 0 Å². The van der Waals surface area contributed by atoms with Crippen molar-refractivity contribution in [3.63, 3.8) is 0 Å². The maximum atomic E-state index is 11.5. The molecule has 0 spiro atoms. The van der Waals surface area contributed by atoms with Crippen LogP contribution in [0, 0.1) is 0 Å². The molecule has 0 fully saturated rings. The third kappa shape index (κ3) is 18.9. The zero-order valence-corrected chi connectivity index (χ0v) is 21.8. The third-order valence-corrected chi connectivity index (χ3v) is 6.79. The summed E-state index contributed by atoms with van der Waals surface area (Å²) in [5.74, 6) is 0. The average Bonchev–Trinajstić information content (AvgIpc) is 2.61. The quantitative estimate of drug-likeness (QED) is 0.183. The molecule has 28 heavy (non-hydrogen) atoms. The van der Waals surface area contributed by atoms with Gasteiger partial charge in [-0.1, -0.05) is 117 Å². The molecule has 1 N–H and O–H groups in total. The summed E-state index contributed by atoms with van der Waals surface area (Å²) in [5.41, 5.74) is 0. The third-order valence-electron chi connectivity index (χ3n) is 5.50. The van der Waals surface area contributed by atoms with E-state index in [1.54, 1.807) is 0 Å². The molecular weight excluding hydrogens is 383 g/mol. The molecule has 0 amide bonds. The Hall–Kier alpha value is 0.870. The van der Waals surface area contributed by atoms with Crippen LogP contribution in [0.3, 0.4) is 0 Å². The fourth-order valence-electron chi connectivity index (χ4n) is 3.68. The predicted molar refractivity (Wildman–Crippen MR) is 114 cm³/mol. The molecule has 0 aliphatic rings. The molecule has 0 rings (SSSR count). The van der Waals surface area contributed by atoms with Gasteiger partial charge in [-0.3, -0.25) is 0 Å². The van der Waals surface area contributed by atoms with Crippen molar-refractivity contribution in [3.8, 4) is 0 Å². The molecule has 4 nitrogen and oxygen atoms in total. The van der Waals surface area contributed by atoms with E-state index in [4.69, 9.17) is 0 Å². The summed E-state index contributed by atoms with van der Waals surface area (Å²) in [4.78, 5) is 0. The summed E-state index contributed by atoms with van der Waals surface area (Å²) in [6.45, 7) is 4.40. The number of hydrogen-bond donors (Lipinski definition) is 1. The molecule has 6 heteroatoms. The second-order valence-corrected chi connectivity index (χ2v) is 9.72. The SMILES string of the molecule is CCCCCCCCCCCC(O)C(CCCCCCCCC)S(=O)(=O)[O-].[Na+]. The van der Waals surface area contributed by atoms with E-state index < -0.39 is 21.5 Å². The average molecular weight is 429 g/mol. The first-order valence-corrected chi connectivity index (χ1v) is 13.0. The van der Waals surface area contributed by atoms with Gasteiger partial charge in [0.1, 0.15) is 10.1 Å². The van der Waals surface area contributed by atoms with Crippen LogP contribution in [0.15, 0.2) is 0 Å². The van der Waals surface area contributed by atoms with Crippen molar-refractivity contribution in [2.24, 2.45) is 0 Å². The first kappa shape index (κ1) is 31.1. The summed E-state index contributed by atoms with van der Waals surface area (Å²) in [7, 11) is -4.43. The molecule has 0 radical (unpaired) electrons. The van der Waals surface area contributed by atoms with Gasteiger partial charge in [0.25, 0.3) is 0 Å². The van der Waals surface area contributed by atoms with Crippen LogP contribution in [-0.4, -0.2) is 29.4 Å². The summed E-state index contributed by atoms with van der Waals surface area (Å²) >= 11 is 0. The largest absolute Gasteiger partial charge is 1.00 e. The molecule has 0 saturated carbocycles. The van der Waals surface area contributed by atoms with Gasteiger partial charge in [-0.15, -0.1) is 0 Å². The summed E-state index contributed by atoms with van der Waals surface area (Å²) in [6.07, 6.45) is 17.9. The second kappa shape index (κ2) is 21.1. The van der Waals surface area contributed by atoms with Gasteiger partial charge >= 0.3 is 29.6 Å². The summed E-state index contributed by atoms with van der Waals surface area (Å²) < 4.78 is 34.6. The van der Waals surface area contributed by atoms with Gasteiger partial charge < -0.3 is 9.66 Å². The fourth-order valence-corrected chi connectivity index (χ4v) is 4.66. The normalized spacial score (nSPS) is 13.9. The van der Waals surface area contributed by atoms with E-state index in [2.05, 4.69) is 13.8 Å². The van der Waals surface area contributed by atoms with Crippen LogP contribution in [0.25, 0.3) is 0 Å². The van der Waals surface area contributed by atoms with Gasteiger partial charge in [-0.05, 0) is 12.8 Å². The summed E-state index contributed by atoms with van der Waals surface area (Å²) in [6, 6.07) is 0. The molecule has 0 saturated heterocycles. The maximum absolute atomic E-state index is 11.5. The monoisotopic (exact) mass is 428 g/mol. The van der Waals surface area contributed by atoms with E-state index in [0.29, 0.717) is 19.3 Å². The topological polar surface area (TPSA) is 77.4 Å². The van der Waals surface area contributed by atoms with Crippen LogP contribution in [-0.2, 0) is 10.1 Å². The minimum atomic E-state index is -4.43. The Balaban J connectivity index is 0. The van der Waals surface area contributed by atoms with E-state index in [-0.39, 0.29) is 29.6 Å². The molecule has 164 valence electrons. The standard InChI is InChI=1S/C22H46O4S.Na/c1-3-5-7-9-11-12-14-15-17-19-21(23)22(27(24,25)26)20-18-16-13-10-8-6-4-2;/h21-23H,3-20H2,1-2H3,(H,24,25,26);/q;+1/p-1. The molecular formula is C22H45NaO4S. The van der Waals surface area contributed by atoms with Crippen molar-refractivity contribution in [1.82, 2.24) is 0 Å². The van der Waals surface area contributed by atoms with Crippen LogP contribution in [0.5, 0.6) is 0 Å². The first-order chi connectivity index (χ1) is 12.9. The van der Waals surface area contributed by atoms with Crippen LogP contribution in [0.2, 0.25) is 0 Å². The zero-order valence-electron chi connectivity index (χ0n) is 19.0. The van der Waals surface area contributed by atoms with Crippen LogP contribution in [0.4, 0.5) is 0 Å². The van der Waals surface area contributed by atoms with Crippen molar-refractivity contribution >= 4 is 10.1 Å². The Morgan fingerprint density at radius 3 is 1.32 bits per heavy atom. The van der Waals surface area contributed by atoms with Crippen LogP contribution in [0.1, 0.15) is 129 Å². The van der Waals surface area contributed by atoms with Crippen LogP contribution >= 0.6 is 0 Å². The number of aliphatic hydroxyl groups excluding tert-OH is 1. The van der Waals surface area contributed by atoms with Crippen molar-refractivity contribution < 1.29 is 47.6 Å². The van der Waals surface area contributed by atoms with Crippen molar-refractivity contribution in [2.75, 3.05) is 0 Å².